The quantitative estimate of drug-likeness (QED) is 0.0804. The van der Waals surface area contributed by atoms with Crippen LogP contribution >= 0.6 is 0 Å². The molecule has 0 spiro atoms. The number of aromatic nitrogens is 2. The number of carboxylic acids is 2. The number of carbonyl (C=O) groups is 2. The first-order chi connectivity index (χ1) is 35.5. The maximum Gasteiger partial charge on any atom is 0.303 e. The Labute approximate surface area is 432 Å². The largest absolute Gasteiger partial charge is 0.497 e. The Morgan fingerprint density at radius 2 is 1.18 bits per heavy atom. The predicted molar refractivity (Wildman–Crippen MR) is 284 cm³/mol. The lowest BCUT2D eigenvalue weighted by atomic mass is 9.80. The number of hydrogen-bond donors (Lipinski definition) is 2. The summed E-state index contributed by atoms with van der Waals surface area (Å²) in [5, 5.41) is 27.5. The van der Waals surface area contributed by atoms with E-state index >= 15 is 0 Å². The van der Waals surface area contributed by atoms with Crippen LogP contribution in [-0.4, -0.2) is 46.7 Å². The molecule has 2 aromatic heterocycles. The van der Waals surface area contributed by atoms with E-state index < -0.39 is 11.9 Å². The molecule has 0 radical (unpaired) electrons. The number of methoxy groups -OCH3 is 2. The van der Waals surface area contributed by atoms with Crippen molar-refractivity contribution in [3.05, 3.63) is 154 Å². The average molecular weight is 1010 g/mol. The van der Waals surface area contributed by atoms with Crippen molar-refractivity contribution >= 4 is 35.2 Å². The van der Waals surface area contributed by atoms with Crippen LogP contribution in [0.3, 0.4) is 0 Å². The molecule has 0 amide bonds. The van der Waals surface area contributed by atoms with Crippen LogP contribution < -0.4 is 9.47 Å². The van der Waals surface area contributed by atoms with Gasteiger partial charge in [-0.3, -0.25) is 9.59 Å². The van der Waals surface area contributed by atoms with Crippen molar-refractivity contribution in [1.82, 2.24) is 10.3 Å². The Morgan fingerprint density at radius 1 is 0.662 bits per heavy atom. The van der Waals surface area contributed by atoms with E-state index in [1.54, 1.807) is 38.5 Å². The summed E-state index contributed by atoms with van der Waals surface area (Å²) in [6.07, 6.45) is 18.1. The maximum atomic E-state index is 15.0. The molecule has 4 aliphatic rings. The molecule has 4 aromatic carbocycles. The molecule has 2 saturated carbocycles. The monoisotopic (exact) mass is 1000 g/mol. The molecule has 4 aliphatic carbocycles. The van der Waals surface area contributed by atoms with Gasteiger partial charge in [0.2, 0.25) is 0 Å². The third-order valence-corrected chi connectivity index (χ3v) is 15.5. The fourth-order valence-electron chi connectivity index (χ4n) is 11.1. The predicted octanol–water partition coefficient (Wildman–Crippen LogP) is 15.3. The van der Waals surface area contributed by atoms with E-state index in [4.69, 9.17) is 18.5 Å². The van der Waals surface area contributed by atoms with Gasteiger partial charge in [-0.1, -0.05) is 105 Å². The molecule has 2 N–H and O–H groups in total. The highest BCUT2D eigenvalue weighted by Crippen LogP contribution is 2.51. The zero-order valence-corrected chi connectivity index (χ0v) is 43.2. The van der Waals surface area contributed by atoms with Gasteiger partial charge >= 0.3 is 11.9 Å². The van der Waals surface area contributed by atoms with Crippen LogP contribution in [0.1, 0.15) is 149 Å². The van der Waals surface area contributed by atoms with Gasteiger partial charge in [0.05, 0.1) is 32.6 Å². The van der Waals surface area contributed by atoms with E-state index in [2.05, 4.69) is 68.4 Å². The molecule has 0 aliphatic heterocycles. The lowest BCUT2D eigenvalue weighted by Crippen LogP contribution is -2.11. The smallest absolute Gasteiger partial charge is 0.303 e. The van der Waals surface area contributed by atoms with Crippen LogP contribution in [0.15, 0.2) is 106 Å². The Hall–Kier alpha value is -7.08. The van der Waals surface area contributed by atoms with E-state index in [9.17, 15) is 28.6 Å². The molecule has 74 heavy (non-hydrogen) atoms. The van der Waals surface area contributed by atoms with Crippen LogP contribution in [0.25, 0.3) is 45.8 Å². The maximum absolute atomic E-state index is 15.0. The Bertz CT molecular complexity index is 3130. The minimum Gasteiger partial charge on any atom is -0.497 e. The lowest BCUT2D eigenvalue weighted by Gasteiger charge is -2.23. The zero-order valence-electron chi connectivity index (χ0n) is 43.2. The number of halogens is 2. The van der Waals surface area contributed by atoms with E-state index in [1.807, 2.05) is 42.5 Å². The summed E-state index contributed by atoms with van der Waals surface area (Å²) in [5.41, 5.74) is 9.64. The Balaban J connectivity index is 0.000000182. The highest BCUT2D eigenvalue weighted by atomic mass is 19.1. The first-order valence-electron chi connectivity index (χ1n) is 25.9. The second-order valence-corrected chi connectivity index (χ2v) is 21.7. The van der Waals surface area contributed by atoms with Gasteiger partial charge in [0, 0.05) is 23.1 Å². The number of aliphatic carboxylic acids is 2. The van der Waals surface area contributed by atoms with Crippen molar-refractivity contribution in [3.8, 4) is 34.0 Å². The summed E-state index contributed by atoms with van der Waals surface area (Å²) in [6, 6.07) is 25.6. The summed E-state index contributed by atoms with van der Waals surface area (Å²) in [7, 11) is 3.11. The number of rotatable bonds is 19. The number of allylic oxidation sites excluding steroid dienone is 4. The summed E-state index contributed by atoms with van der Waals surface area (Å²) < 4.78 is 52.4. The first-order valence-corrected chi connectivity index (χ1v) is 25.9. The highest BCUT2D eigenvalue weighted by Gasteiger charge is 2.38. The highest BCUT2D eigenvalue weighted by molar-refractivity contribution is 5.88. The van der Waals surface area contributed by atoms with Crippen LogP contribution in [-0.2, 0) is 22.4 Å². The molecule has 0 saturated heterocycles. The number of aryl methyl sites for hydroxylation is 2. The minimum atomic E-state index is -0.770. The van der Waals surface area contributed by atoms with Crippen LogP contribution in [0.4, 0.5) is 8.78 Å². The molecule has 386 valence electrons. The van der Waals surface area contributed by atoms with Crippen molar-refractivity contribution in [1.29, 1.82) is 0 Å². The van der Waals surface area contributed by atoms with E-state index in [-0.39, 0.29) is 47.1 Å². The SMILES string of the molecule is COc1ccc(F)c(-c2noc(/C=C/c3cccc([C@@H](CC(=O)O)C4CC4)c3)c2C2=CCCC2(C)C)c1.COc1ccc(F)c(-c2noc(CCc3cccc([C@@H](CC(=O)O)C4CC4)c3)c2C2=CCCC2(C)C)c1. The van der Waals surface area contributed by atoms with Gasteiger partial charge in [-0.15, -0.1) is 0 Å². The molecular formula is C62H66F2N2O8. The standard InChI is InChI=1S/C31H34FNO4.C31H32FNO4/c2*1-31(2)15-5-8-25(31)29-27(37-33-30(29)24-17-22(36-3)12-13-26(24)32)14-9-19-6-4-7-21(16-19)23(18-28(34)35)20-10-11-20/h4,6-8,12-13,16-17,20,23H,5,9-11,14-15,18H2,1-3H3,(H,34,35);4,6-9,12-14,16-17,20,23H,5,10-11,15,18H2,1-3H3,(H,34,35)/b;14-9+/t2*23-/m00/s1. The van der Waals surface area contributed by atoms with Crippen LogP contribution in [0.2, 0.25) is 0 Å². The van der Waals surface area contributed by atoms with E-state index in [0.717, 1.165) is 102 Å². The van der Waals surface area contributed by atoms with Gasteiger partial charge in [-0.05, 0) is 168 Å². The van der Waals surface area contributed by atoms with Crippen molar-refractivity contribution in [2.24, 2.45) is 22.7 Å². The molecule has 10 nitrogen and oxygen atoms in total. The lowest BCUT2D eigenvalue weighted by molar-refractivity contribution is -0.138. The molecule has 0 unspecified atom stereocenters. The van der Waals surface area contributed by atoms with Crippen molar-refractivity contribution < 1.29 is 47.1 Å². The van der Waals surface area contributed by atoms with E-state index in [1.165, 1.54) is 12.1 Å². The van der Waals surface area contributed by atoms with Crippen molar-refractivity contribution in [2.45, 2.75) is 117 Å². The number of hydrogen-bond acceptors (Lipinski definition) is 8. The number of nitrogens with zero attached hydrogens (tertiary/aromatic N) is 2. The zero-order chi connectivity index (χ0) is 52.3. The van der Waals surface area contributed by atoms with Crippen LogP contribution in [0, 0.1) is 34.3 Å². The molecular weight excluding hydrogens is 939 g/mol. The normalized spacial score (nSPS) is 17.6. The third-order valence-electron chi connectivity index (χ3n) is 15.5. The summed E-state index contributed by atoms with van der Waals surface area (Å²) >= 11 is 0. The van der Waals surface area contributed by atoms with Gasteiger partial charge in [-0.25, -0.2) is 8.78 Å². The molecule has 2 atom stereocenters. The third kappa shape index (κ3) is 11.6. The molecule has 0 bridgehead atoms. The number of benzene rings is 4. The Kier molecular flexibility index (Phi) is 15.3. The van der Waals surface area contributed by atoms with Crippen molar-refractivity contribution in [2.75, 3.05) is 14.2 Å². The molecule has 12 heteroatoms. The van der Waals surface area contributed by atoms with Gasteiger partial charge in [-0.2, -0.15) is 0 Å². The molecule has 6 aromatic rings. The number of ether oxygens (including phenoxy) is 2. The fraction of sp³-hybridized carbons (Fsp3) is 0.387. The molecule has 2 heterocycles. The average Bonchev–Trinajstić information content (AvgIpc) is 4.26. The van der Waals surface area contributed by atoms with Gasteiger partial charge in [0.15, 0.2) is 5.76 Å². The van der Waals surface area contributed by atoms with Gasteiger partial charge in [0.25, 0.3) is 0 Å². The van der Waals surface area contributed by atoms with Crippen LogP contribution in [0.5, 0.6) is 11.5 Å². The number of carboxylic acid groups (broad SMARTS) is 2. The molecule has 2 fully saturated rings. The summed E-state index contributed by atoms with van der Waals surface area (Å²) in [5.74, 6) is 1.13. The van der Waals surface area contributed by atoms with Gasteiger partial charge in [0.1, 0.15) is 40.3 Å². The first kappa shape index (κ1) is 51.8. The minimum absolute atomic E-state index is 0.0266. The second-order valence-electron chi connectivity index (χ2n) is 21.7. The Morgan fingerprint density at radius 3 is 1.69 bits per heavy atom. The summed E-state index contributed by atoms with van der Waals surface area (Å²) in [6.45, 7) is 8.78. The molecule has 10 rings (SSSR count). The summed E-state index contributed by atoms with van der Waals surface area (Å²) in [4.78, 5) is 22.9. The van der Waals surface area contributed by atoms with Crippen molar-refractivity contribution in [3.63, 3.8) is 0 Å². The second kappa shape index (κ2) is 21.8. The topological polar surface area (TPSA) is 145 Å². The van der Waals surface area contributed by atoms with Gasteiger partial charge < -0.3 is 28.7 Å². The van der Waals surface area contributed by atoms with E-state index in [0.29, 0.717) is 64.5 Å². The fourth-order valence-corrected chi connectivity index (χ4v) is 11.1.